The molecule has 0 fully saturated rings. The van der Waals surface area contributed by atoms with E-state index in [1.807, 2.05) is 0 Å². The van der Waals surface area contributed by atoms with Gasteiger partial charge in [-0.05, 0) is 25.1 Å². The first-order valence-electron chi connectivity index (χ1n) is 6.04. The number of aryl methyl sites for hydroxylation is 1. The van der Waals surface area contributed by atoms with E-state index in [2.05, 4.69) is 36.7 Å². The zero-order valence-electron chi connectivity index (χ0n) is 11.1. The van der Waals surface area contributed by atoms with Crippen LogP contribution in [-0.4, -0.2) is 27.4 Å². The van der Waals surface area contributed by atoms with Gasteiger partial charge in [-0.25, -0.2) is 5.43 Å². The number of carbonyl (C=O) groups excluding carboxylic acids is 1. The van der Waals surface area contributed by atoms with Crippen LogP contribution in [0.4, 0.5) is 0 Å². The number of aromatic nitrogens is 2. The number of nitrogens with one attached hydrogen (secondary N) is 3. The molecule has 7 nitrogen and oxygen atoms in total. The number of hydrogen-bond donors (Lipinski definition) is 4. The largest absolute Gasteiger partial charge is 0.507 e. The molecule has 0 spiro atoms. The average Bonchev–Trinajstić information content (AvgIpc) is 2.74. The number of halogens is 1. The van der Waals surface area contributed by atoms with Gasteiger partial charge in [0.05, 0.1) is 12.6 Å². The van der Waals surface area contributed by atoms with Crippen LogP contribution in [0.5, 0.6) is 5.75 Å². The second kappa shape index (κ2) is 6.40. The number of phenolic OH excluding ortho intramolecular Hbond substituents is 1. The van der Waals surface area contributed by atoms with Crippen LogP contribution < -0.4 is 11.0 Å². The molecule has 0 saturated heterocycles. The Labute approximate surface area is 128 Å². The molecule has 21 heavy (non-hydrogen) atoms. The summed E-state index contributed by atoms with van der Waals surface area (Å²) in [6.45, 7) is 1.70. The van der Waals surface area contributed by atoms with Gasteiger partial charge in [0.25, 0.3) is 5.56 Å². The molecule has 0 radical (unpaired) electrons. The molecule has 1 aromatic carbocycles. The highest BCUT2D eigenvalue weighted by atomic mass is 79.9. The minimum absolute atomic E-state index is 0.0501. The number of hydrazone groups is 1. The Hall–Kier alpha value is -2.35. The fourth-order valence-electron chi connectivity index (χ4n) is 1.69. The van der Waals surface area contributed by atoms with Crippen LogP contribution in [0.2, 0.25) is 0 Å². The van der Waals surface area contributed by atoms with Crippen LogP contribution in [0.1, 0.15) is 16.8 Å². The van der Waals surface area contributed by atoms with Gasteiger partial charge in [0.15, 0.2) is 0 Å². The average molecular weight is 353 g/mol. The number of nitrogens with zero attached hydrogens (tertiary/aromatic N) is 1. The monoisotopic (exact) mass is 352 g/mol. The quantitative estimate of drug-likeness (QED) is 0.489. The first-order valence-corrected chi connectivity index (χ1v) is 6.83. The van der Waals surface area contributed by atoms with E-state index in [0.29, 0.717) is 16.8 Å². The van der Waals surface area contributed by atoms with E-state index < -0.39 is 5.91 Å². The molecule has 0 atom stereocenters. The lowest BCUT2D eigenvalue weighted by Gasteiger charge is -2.00. The summed E-state index contributed by atoms with van der Waals surface area (Å²) in [7, 11) is 0. The van der Waals surface area contributed by atoms with Gasteiger partial charge in [-0.1, -0.05) is 15.9 Å². The van der Waals surface area contributed by atoms with Gasteiger partial charge >= 0.3 is 0 Å². The Morgan fingerprint density at radius 1 is 1.48 bits per heavy atom. The zero-order valence-corrected chi connectivity index (χ0v) is 12.7. The highest BCUT2D eigenvalue weighted by molar-refractivity contribution is 9.10. The zero-order chi connectivity index (χ0) is 15.4. The van der Waals surface area contributed by atoms with Gasteiger partial charge in [0.1, 0.15) is 5.75 Å². The van der Waals surface area contributed by atoms with Crippen molar-refractivity contribution in [2.24, 2.45) is 5.10 Å². The number of benzene rings is 1. The van der Waals surface area contributed by atoms with Crippen LogP contribution in [0.25, 0.3) is 0 Å². The van der Waals surface area contributed by atoms with Crippen LogP contribution in [0, 0.1) is 6.92 Å². The molecule has 1 aromatic heterocycles. The molecule has 0 aliphatic rings. The molecule has 0 saturated carbocycles. The van der Waals surface area contributed by atoms with Crippen LogP contribution in [0.15, 0.2) is 32.6 Å². The van der Waals surface area contributed by atoms with Crippen molar-refractivity contribution < 1.29 is 9.90 Å². The topological polar surface area (TPSA) is 110 Å². The normalized spacial score (nSPS) is 11.0. The molecular weight excluding hydrogens is 340 g/mol. The van der Waals surface area contributed by atoms with E-state index in [1.54, 1.807) is 19.1 Å². The summed E-state index contributed by atoms with van der Waals surface area (Å²) in [5.41, 5.74) is 3.43. The first kappa shape index (κ1) is 15.0. The van der Waals surface area contributed by atoms with E-state index in [-0.39, 0.29) is 17.7 Å². The Bertz CT molecular complexity index is 748. The van der Waals surface area contributed by atoms with Crippen molar-refractivity contribution >= 4 is 28.1 Å². The van der Waals surface area contributed by atoms with Crippen molar-refractivity contribution in [1.82, 2.24) is 15.6 Å². The van der Waals surface area contributed by atoms with Crippen molar-refractivity contribution in [2.45, 2.75) is 13.3 Å². The Morgan fingerprint density at radius 3 is 2.90 bits per heavy atom. The molecular formula is C13H13BrN4O3. The van der Waals surface area contributed by atoms with Gasteiger partial charge < -0.3 is 10.2 Å². The molecule has 1 amide bonds. The number of H-pyrrole nitrogens is 2. The molecule has 0 aliphatic heterocycles. The van der Waals surface area contributed by atoms with Crippen LogP contribution in [-0.2, 0) is 11.2 Å². The van der Waals surface area contributed by atoms with Gasteiger partial charge in [-0.2, -0.15) is 5.10 Å². The molecule has 110 valence electrons. The third-order valence-corrected chi connectivity index (χ3v) is 3.30. The fraction of sp³-hybridized carbons (Fsp3) is 0.154. The highest BCUT2D eigenvalue weighted by Crippen LogP contribution is 2.19. The number of aromatic amines is 2. The lowest BCUT2D eigenvalue weighted by molar-refractivity contribution is -0.120. The maximum Gasteiger partial charge on any atom is 0.267 e. The summed E-state index contributed by atoms with van der Waals surface area (Å²) in [5, 5.41) is 18.4. The lowest BCUT2D eigenvalue weighted by Crippen LogP contribution is -2.23. The van der Waals surface area contributed by atoms with Crippen molar-refractivity contribution in [3.05, 3.63) is 49.8 Å². The Kier molecular flexibility index (Phi) is 4.59. The maximum absolute atomic E-state index is 11.7. The van der Waals surface area contributed by atoms with Crippen LogP contribution in [0.3, 0.4) is 0 Å². The summed E-state index contributed by atoms with van der Waals surface area (Å²) in [5.74, 6) is -0.372. The standard InChI is InChI=1S/C13H13BrN4O3/c1-7-10(13(21)18-16-7)5-12(20)17-15-6-8-4-9(14)2-3-11(8)19/h2-4,6,19H,5H2,1H3,(H,17,20)(H2,16,18,21). The van der Waals surface area contributed by atoms with Gasteiger partial charge in [0, 0.05) is 21.3 Å². The molecule has 8 heteroatoms. The summed E-state index contributed by atoms with van der Waals surface area (Å²) in [6.07, 6.45) is 1.25. The van der Waals surface area contributed by atoms with E-state index in [9.17, 15) is 14.7 Å². The minimum atomic E-state index is -0.422. The summed E-state index contributed by atoms with van der Waals surface area (Å²) in [6, 6.07) is 4.86. The smallest absolute Gasteiger partial charge is 0.267 e. The predicted molar refractivity (Wildman–Crippen MR) is 81.4 cm³/mol. The van der Waals surface area contributed by atoms with Crippen molar-refractivity contribution in [3.8, 4) is 5.75 Å². The number of aromatic hydroxyl groups is 1. The van der Waals surface area contributed by atoms with Crippen molar-refractivity contribution in [1.29, 1.82) is 0 Å². The fourth-order valence-corrected chi connectivity index (χ4v) is 2.07. The second-order valence-corrected chi connectivity index (χ2v) is 5.27. The number of hydrogen-bond acceptors (Lipinski definition) is 4. The molecule has 2 rings (SSSR count). The maximum atomic E-state index is 11.7. The van der Waals surface area contributed by atoms with Gasteiger partial charge in [-0.3, -0.25) is 14.7 Å². The van der Waals surface area contributed by atoms with E-state index >= 15 is 0 Å². The third kappa shape index (κ3) is 3.82. The molecule has 0 aliphatic carbocycles. The van der Waals surface area contributed by atoms with Gasteiger partial charge in [0.2, 0.25) is 5.91 Å². The predicted octanol–water partition coefficient (Wildman–Crippen LogP) is 1.17. The minimum Gasteiger partial charge on any atom is -0.507 e. The lowest BCUT2D eigenvalue weighted by atomic mass is 10.2. The van der Waals surface area contributed by atoms with E-state index in [0.717, 1.165) is 4.47 Å². The Morgan fingerprint density at radius 2 is 2.24 bits per heavy atom. The SMILES string of the molecule is Cc1[nH][nH]c(=O)c1CC(=O)NN=Cc1cc(Br)ccc1O. The molecule has 0 bridgehead atoms. The summed E-state index contributed by atoms with van der Waals surface area (Å²) >= 11 is 3.27. The molecule has 2 aromatic rings. The second-order valence-electron chi connectivity index (χ2n) is 4.36. The molecule has 0 unspecified atom stereocenters. The molecule has 1 heterocycles. The van der Waals surface area contributed by atoms with Crippen molar-refractivity contribution in [3.63, 3.8) is 0 Å². The highest BCUT2D eigenvalue weighted by Gasteiger charge is 2.10. The third-order valence-electron chi connectivity index (χ3n) is 2.81. The number of phenols is 1. The number of amides is 1. The van der Waals surface area contributed by atoms with E-state index in [1.165, 1.54) is 12.3 Å². The van der Waals surface area contributed by atoms with Crippen molar-refractivity contribution in [2.75, 3.05) is 0 Å². The van der Waals surface area contributed by atoms with Crippen LogP contribution >= 0.6 is 15.9 Å². The first-order chi connectivity index (χ1) is 9.97. The van der Waals surface area contributed by atoms with E-state index in [4.69, 9.17) is 0 Å². The van der Waals surface area contributed by atoms with Gasteiger partial charge in [-0.15, -0.1) is 0 Å². The summed E-state index contributed by atoms with van der Waals surface area (Å²) in [4.78, 5) is 23.1. The number of rotatable bonds is 4. The number of carbonyl (C=O) groups is 1. The molecule has 4 N–H and O–H groups in total. The Balaban J connectivity index is 1.99. The summed E-state index contributed by atoms with van der Waals surface area (Å²) < 4.78 is 0.780.